The highest BCUT2D eigenvalue weighted by atomic mass is 19.1. The van der Waals surface area contributed by atoms with Crippen LogP contribution in [-0.4, -0.2) is 33.5 Å². The number of halogens is 2. The molecule has 2 N–H and O–H groups in total. The first-order valence-corrected chi connectivity index (χ1v) is 6.68. The van der Waals surface area contributed by atoms with Crippen molar-refractivity contribution >= 4 is 0 Å². The molecule has 2 aromatic rings. The Labute approximate surface area is 120 Å². The zero-order chi connectivity index (χ0) is 14.9. The maximum absolute atomic E-state index is 14.2. The van der Waals surface area contributed by atoms with Crippen LogP contribution in [0.5, 0.6) is 0 Å². The van der Waals surface area contributed by atoms with Crippen LogP contribution in [0.2, 0.25) is 0 Å². The monoisotopic (exact) mass is 295 g/mol. The fourth-order valence-electron chi connectivity index (χ4n) is 2.82. The second-order valence-electron chi connectivity index (χ2n) is 5.27. The highest BCUT2D eigenvalue weighted by Crippen LogP contribution is 2.42. The van der Waals surface area contributed by atoms with E-state index in [0.29, 0.717) is 18.9 Å². The quantitative estimate of drug-likeness (QED) is 0.898. The number of H-pyrrole nitrogens is 1. The van der Waals surface area contributed by atoms with Crippen molar-refractivity contribution in [3.8, 4) is 0 Å². The maximum atomic E-state index is 14.2. The molecule has 1 fully saturated rings. The molecule has 0 bridgehead atoms. The lowest BCUT2D eigenvalue weighted by atomic mass is 9.84. The van der Waals surface area contributed by atoms with Crippen LogP contribution in [0, 0.1) is 17.6 Å². The molecule has 3 rings (SSSR count). The topological polar surface area (TPSA) is 71.0 Å². The number of aliphatic hydroxyl groups excluding tert-OH is 1. The molecule has 1 aliphatic heterocycles. The SMILES string of the molecule is OC[C@@H]1CO[C@](Cc2nc[nH]n2)(c2ccc(F)cc2F)C1. The third kappa shape index (κ3) is 2.66. The minimum absolute atomic E-state index is 0.0431. The number of nitrogens with one attached hydrogen (secondary N) is 1. The summed E-state index contributed by atoms with van der Waals surface area (Å²) in [6.07, 6.45) is 2.12. The van der Waals surface area contributed by atoms with E-state index in [1.807, 2.05) is 0 Å². The van der Waals surface area contributed by atoms with Gasteiger partial charge in [0.05, 0.1) is 6.61 Å². The van der Waals surface area contributed by atoms with Crippen molar-refractivity contribution < 1.29 is 18.6 Å². The van der Waals surface area contributed by atoms with Crippen LogP contribution in [0.3, 0.4) is 0 Å². The Morgan fingerprint density at radius 3 is 2.90 bits per heavy atom. The number of aliphatic hydroxyl groups is 1. The molecule has 0 unspecified atom stereocenters. The smallest absolute Gasteiger partial charge is 0.153 e. The first-order chi connectivity index (χ1) is 10.1. The molecule has 21 heavy (non-hydrogen) atoms. The molecule has 0 aliphatic carbocycles. The van der Waals surface area contributed by atoms with Crippen LogP contribution < -0.4 is 0 Å². The number of aromatic nitrogens is 3. The molecule has 1 aromatic carbocycles. The highest BCUT2D eigenvalue weighted by Gasteiger charge is 2.44. The molecule has 1 aromatic heterocycles. The first-order valence-electron chi connectivity index (χ1n) is 6.68. The summed E-state index contributed by atoms with van der Waals surface area (Å²) in [4.78, 5) is 4.04. The molecule has 7 heteroatoms. The van der Waals surface area contributed by atoms with Crippen LogP contribution in [0.15, 0.2) is 24.5 Å². The van der Waals surface area contributed by atoms with Gasteiger partial charge in [0.1, 0.15) is 23.6 Å². The molecule has 0 spiro atoms. The minimum Gasteiger partial charge on any atom is -0.396 e. The number of benzene rings is 1. The van der Waals surface area contributed by atoms with Crippen molar-refractivity contribution in [1.82, 2.24) is 15.2 Å². The van der Waals surface area contributed by atoms with Gasteiger partial charge in [-0.2, -0.15) is 5.10 Å². The van der Waals surface area contributed by atoms with Crippen molar-refractivity contribution in [2.75, 3.05) is 13.2 Å². The van der Waals surface area contributed by atoms with E-state index in [1.54, 1.807) is 0 Å². The zero-order valence-electron chi connectivity index (χ0n) is 11.2. The van der Waals surface area contributed by atoms with E-state index in [-0.39, 0.29) is 24.5 Å². The van der Waals surface area contributed by atoms with Gasteiger partial charge in [-0.05, 0) is 12.5 Å². The Morgan fingerprint density at radius 1 is 1.43 bits per heavy atom. The molecule has 5 nitrogen and oxygen atoms in total. The Bertz CT molecular complexity index is 621. The molecule has 0 amide bonds. The molecule has 2 atom stereocenters. The molecular weight excluding hydrogens is 280 g/mol. The molecule has 1 saturated heterocycles. The van der Waals surface area contributed by atoms with Gasteiger partial charge < -0.3 is 9.84 Å². The van der Waals surface area contributed by atoms with Gasteiger partial charge in [-0.3, -0.25) is 5.10 Å². The second kappa shape index (κ2) is 5.50. The standard InChI is InChI=1S/C14H15F2N3O2/c15-10-1-2-11(12(16)3-10)14(4-9(6-20)7-21-14)5-13-17-8-18-19-13/h1-3,8-9,20H,4-7H2,(H,17,18,19)/t9-,14-/m1/s1. The van der Waals surface area contributed by atoms with Gasteiger partial charge in [0, 0.05) is 30.6 Å². The van der Waals surface area contributed by atoms with Crippen LogP contribution in [0.25, 0.3) is 0 Å². The number of hydrogen-bond donors (Lipinski definition) is 2. The number of nitrogens with zero attached hydrogens (tertiary/aromatic N) is 2. The molecule has 0 radical (unpaired) electrons. The van der Waals surface area contributed by atoms with Gasteiger partial charge >= 0.3 is 0 Å². The van der Waals surface area contributed by atoms with E-state index in [2.05, 4.69) is 15.2 Å². The predicted molar refractivity (Wildman–Crippen MR) is 69.3 cm³/mol. The van der Waals surface area contributed by atoms with Crippen LogP contribution in [0.4, 0.5) is 8.78 Å². The predicted octanol–water partition coefficient (Wildman–Crippen LogP) is 1.55. The van der Waals surface area contributed by atoms with Gasteiger partial charge in [0.25, 0.3) is 0 Å². The van der Waals surface area contributed by atoms with Crippen molar-refractivity contribution in [2.24, 2.45) is 5.92 Å². The lowest BCUT2D eigenvalue weighted by Gasteiger charge is -2.28. The fraction of sp³-hybridized carbons (Fsp3) is 0.429. The molecular formula is C14H15F2N3O2. The minimum atomic E-state index is -0.979. The average molecular weight is 295 g/mol. The van der Waals surface area contributed by atoms with Gasteiger partial charge in [-0.1, -0.05) is 6.07 Å². The van der Waals surface area contributed by atoms with Gasteiger partial charge in [0.2, 0.25) is 0 Å². The Kier molecular flexibility index (Phi) is 3.69. The third-order valence-corrected chi connectivity index (χ3v) is 3.80. The van der Waals surface area contributed by atoms with E-state index >= 15 is 0 Å². The van der Waals surface area contributed by atoms with Crippen LogP contribution >= 0.6 is 0 Å². The van der Waals surface area contributed by atoms with Gasteiger partial charge in [-0.15, -0.1) is 0 Å². The van der Waals surface area contributed by atoms with Crippen molar-refractivity contribution in [3.63, 3.8) is 0 Å². The summed E-state index contributed by atoms with van der Waals surface area (Å²) in [6.45, 7) is 0.274. The average Bonchev–Trinajstić information content (AvgIpc) is 3.09. The van der Waals surface area contributed by atoms with E-state index in [1.165, 1.54) is 18.5 Å². The largest absolute Gasteiger partial charge is 0.396 e. The summed E-state index contributed by atoms with van der Waals surface area (Å²) in [7, 11) is 0. The normalized spacial score (nSPS) is 25.4. The van der Waals surface area contributed by atoms with Crippen molar-refractivity contribution in [3.05, 3.63) is 47.5 Å². The van der Waals surface area contributed by atoms with E-state index in [9.17, 15) is 13.9 Å². The van der Waals surface area contributed by atoms with E-state index in [4.69, 9.17) is 4.74 Å². The Morgan fingerprint density at radius 2 is 2.29 bits per heavy atom. The van der Waals surface area contributed by atoms with E-state index < -0.39 is 17.2 Å². The van der Waals surface area contributed by atoms with Crippen LogP contribution in [-0.2, 0) is 16.8 Å². The number of ether oxygens (including phenoxy) is 1. The summed E-state index contributed by atoms with van der Waals surface area (Å²) in [5, 5.41) is 15.9. The second-order valence-corrected chi connectivity index (χ2v) is 5.27. The van der Waals surface area contributed by atoms with Gasteiger partial charge in [0.15, 0.2) is 5.82 Å². The summed E-state index contributed by atoms with van der Waals surface area (Å²) in [5.41, 5.74) is -0.711. The lowest BCUT2D eigenvalue weighted by molar-refractivity contribution is -0.00534. The van der Waals surface area contributed by atoms with Gasteiger partial charge in [-0.25, -0.2) is 13.8 Å². The number of aromatic amines is 1. The highest BCUT2D eigenvalue weighted by molar-refractivity contribution is 5.28. The summed E-state index contributed by atoms with van der Waals surface area (Å²) in [6, 6.07) is 3.43. The maximum Gasteiger partial charge on any atom is 0.153 e. The molecule has 1 aliphatic rings. The number of rotatable bonds is 4. The Balaban J connectivity index is 1.99. The molecule has 0 saturated carbocycles. The summed E-state index contributed by atoms with van der Waals surface area (Å²) >= 11 is 0. The van der Waals surface area contributed by atoms with E-state index in [0.717, 1.165) is 6.07 Å². The van der Waals surface area contributed by atoms with Crippen molar-refractivity contribution in [1.29, 1.82) is 0 Å². The fourth-order valence-corrected chi connectivity index (χ4v) is 2.82. The van der Waals surface area contributed by atoms with Crippen molar-refractivity contribution in [2.45, 2.75) is 18.4 Å². The number of hydrogen-bond acceptors (Lipinski definition) is 4. The Hall–Kier alpha value is -1.86. The first kappa shape index (κ1) is 14.1. The van der Waals surface area contributed by atoms with Crippen LogP contribution in [0.1, 0.15) is 17.8 Å². The zero-order valence-corrected chi connectivity index (χ0v) is 11.2. The molecule has 2 heterocycles. The molecule has 112 valence electrons. The third-order valence-electron chi connectivity index (χ3n) is 3.80. The summed E-state index contributed by atoms with van der Waals surface area (Å²) in [5.74, 6) is -0.907. The summed E-state index contributed by atoms with van der Waals surface area (Å²) < 4.78 is 33.1. The lowest BCUT2D eigenvalue weighted by Crippen LogP contribution is -2.30.